The van der Waals surface area contributed by atoms with Crippen molar-refractivity contribution in [3.8, 4) is 0 Å². The van der Waals surface area contributed by atoms with Crippen LogP contribution in [0.2, 0.25) is 0 Å². The molecule has 2 saturated carbocycles. The summed E-state index contributed by atoms with van der Waals surface area (Å²) in [6.07, 6.45) is 28.1. The zero-order chi connectivity index (χ0) is 73.3. The molecular weight excluding hydrogens is 1330 g/mol. The van der Waals surface area contributed by atoms with Gasteiger partial charge in [0.25, 0.3) is 0 Å². The molecule has 13 aromatic rings. The van der Waals surface area contributed by atoms with Crippen molar-refractivity contribution in [2.75, 3.05) is 33.6 Å². The first kappa shape index (κ1) is 74.6. The van der Waals surface area contributed by atoms with Crippen molar-refractivity contribution in [2.45, 2.75) is 88.0 Å². The van der Waals surface area contributed by atoms with E-state index >= 15 is 0 Å². The number of benzene rings is 8. The molecule has 0 radical (unpaired) electrons. The number of carbonyl (C=O) groups excluding carboxylic acids is 4. The number of fused-ring (bicyclic) bond motifs is 5. The minimum atomic E-state index is -0.684. The topological polar surface area (TPSA) is 309 Å². The molecule has 0 aliphatic heterocycles. The van der Waals surface area contributed by atoms with E-state index in [1.165, 1.54) is 32.1 Å². The van der Waals surface area contributed by atoms with Crippen molar-refractivity contribution >= 4 is 123 Å². The maximum Gasteiger partial charge on any atom is 0.246 e. The van der Waals surface area contributed by atoms with Crippen LogP contribution in [0.25, 0.3) is 53.9 Å². The summed E-state index contributed by atoms with van der Waals surface area (Å²) in [5.41, 5.74) is 31.0. The molecule has 2 aliphatic rings. The average Bonchev–Trinajstić information content (AvgIpc) is 1.10. The lowest BCUT2D eigenvalue weighted by molar-refractivity contribution is -0.119. The highest BCUT2D eigenvalue weighted by Gasteiger charge is 2.29. The van der Waals surface area contributed by atoms with Crippen molar-refractivity contribution in [2.24, 2.45) is 34.8 Å². The Morgan fingerprint density at radius 3 is 0.952 bits per heavy atom. The number of pyridine rings is 5. The number of nitrogens with zero attached hydrogens (tertiary/aromatic N) is 5. The smallest absolute Gasteiger partial charge is 0.246 e. The predicted octanol–water partition coefficient (Wildman–Crippen LogP) is 15.5. The van der Waals surface area contributed by atoms with Crippen LogP contribution in [0.5, 0.6) is 0 Å². The van der Waals surface area contributed by atoms with Crippen LogP contribution >= 0.6 is 12.2 Å². The van der Waals surface area contributed by atoms with Gasteiger partial charge in [0.05, 0.1) is 18.1 Å². The summed E-state index contributed by atoms with van der Waals surface area (Å²) in [7, 11) is 1.78. The van der Waals surface area contributed by atoms with Crippen LogP contribution < -0.4 is 54.8 Å². The molecule has 8 aromatic carbocycles. The van der Waals surface area contributed by atoms with E-state index in [0.717, 1.165) is 119 Å². The van der Waals surface area contributed by atoms with Crippen molar-refractivity contribution in [1.29, 1.82) is 0 Å². The lowest BCUT2D eigenvalue weighted by Crippen LogP contribution is -2.42. The molecule has 0 unspecified atom stereocenters. The van der Waals surface area contributed by atoms with Crippen LogP contribution in [0.4, 0.5) is 28.4 Å². The van der Waals surface area contributed by atoms with E-state index in [1.807, 2.05) is 219 Å². The maximum atomic E-state index is 12.5. The first-order valence-electron chi connectivity index (χ1n) is 35.3. The van der Waals surface area contributed by atoms with Crippen LogP contribution in [-0.4, -0.2) is 72.7 Å². The number of anilines is 5. The third-order valence-corrected chi connectivity index (χ3v) is 19.1. The molecule has 5 heterocycles. The number of nitrogens with one attached hydrogen (secondary N) is 6. The zero-order valence-corrected chi connectivity index (χ0v) is 59.3. The van der Waals surface area contributed by atoms with Crippen molar-refractivity contribution in [3.05, 3.63) is 291 Å². The number of likely N-dealkylation sites (N-methyl/N-ethyl adjacent to an activating group) is 1. The fourth-order valence-electron chi connectivity index (χ4n) is 12.9. The van der Waals surface area contributed by atoms with E-state index in [0.29, 0.717) is 22.5 Å². The second-order valence-electron chi connectivity index (χ2n) is 26.0. The SMILES string of the molecule is CN[C@@H](C(=O)Nc1ccc2ccncc2c1)c1ccccc1.N[C@@H](C(=O)Nc1ccc2ccncc2c1)C1CCCC1.N[C@@H](C(=O)Nc1ccc2ccncc2c1)C1CCCCC1.N[C@@H](C(=O)Nc1ccc2ccncc2c1)c1ccccc1.N[C@H](C(=S)Nc1ccc2ccncc2c1)c1ccccc1. The number of hydrogen-bond donors (Lipinski definition) is 10. The quantitative estimate of drug-likeness (QED) is 0.0402. The van der Waals surface area contributed by atoms with E-state index in [2.05, 4.69) is 56.8 Å². The van der Waals surface area contributed by atoms with Gasteiger partial charge in [0, 0.05) is 117 Å². The lowest BCUT2D eigenvalue weighted by Gasteiger charge is -2.26. The molecule has 5 atom stereocenters. The van der Waals surface area contributed by atoms with Crippen LogP contribution in [0.15, 0.2) is 274 Å². The summed E-state index contributed by atoms with van der Waals surface area (Å²) < 4.78 is 0. The van der Waals surface area contributed by atoms with Crippen LogP contribution in [-0.2, 0) is 19.2 Å². The highest BCUT2D eigenvalue weighted by atomic mass is 32.1. The molecule has 2 aliphatic carbocycles. The summed E-state index contributed by atoms with van der Waals surface area (Å²) in [5, 5.41) is 28.5. The van der Waals surface area contributed by atoms with Gasteiger partial charge in [-0.2, -0.15) is 0 Å². The Morgan fingerprint density at radius 2 is 0.619 bits per heavy atom. The molecule has 19 nitrogen and oxygen atoms in total. The molecule has 20 heteroatoms. The molecular formula is C85H87N15O4S. The Kier molecular flexibility index (Phi) is 26.6. The average molecular weight is 1410 g/mol. The van der Waals surface area contributed by atoms with Gasteiger partial charge in [0.1, 0.15) is 17.1 Å². The predicted molar refractivity (Wildman–Crippen MR) is 429 cm³/mol. The van der Waals surface area contributed by atoms with Gasteiger partial charge in [-0.25, -0.2) is 0 Å². The molecule has 0 saturated heterocycles. The fraction of sp³-hybridized carbons (Fsp3) is 0.200. The Bertz CT molecular complexity index is 4910. The van der Waals surface area contributed by atoms with Gasteiger partial charge in [0.2, 0.25) is 23.6 Å². The molecule has 0 bridgehead atoms. The monoisotopic (exact) mass is 1410 g/mol. The van der Waals surface area contributed by atoms with E-state index in [-0.39, 0.29) is 35.7 Å². The van der Waals surface area contributed by atoms with Gasteiger partial charge in [-0.3, -0.25) is 44.1 Å². The number of amides is 4. The first-order chi connectivity index (χ1) is 51.2. The van der Waals surface area contributed by atoms with Gasteiger partial charge in [-0.1, -0.05) is 166 Å². The number of thiocarbonyl (C=S) groups is 1. The molecule has 2 fully saturated rings. The van der Waals surface area contributed by atoms with E-state index in [1.54, 1.807) is 62.8 Å². The highest BCUT2D eigenvalue weighted by Crippen LogP contribution is 2.30. The van der Waals surface area contributed by atoms with E-state index in [4.69, 9.17) is 35.2 Å². The normalized spacial score (nSPS) is 14.1. The van der Waals surface area contributed by atoms with Crippen LogP contribution in [0.3, 0.4) is 0 Å². The van der Waals surface area contributed by atoms with Gasteiger partial charge in [0.15, 0.2) is 0 Å². The highest BCUT2D eigenvalue weighted by molar-refractivity contribution is 7.80. The van der Waals surface area contributed by atoms with Gasteiger partial charge >= 0.3 is 0 Å². The molecule has 15 rings (SSSR count). The lowest BCUT2D eigenvalue weighted by atomic mass is 9.84. The second kappa shape index (κ2) is 37.5. The van der Waals surface area contributed by atoms with Gasteiger partial charge < -0.3 is 54.8 Å². The van der Waals surface area contributed by atoms with Crippen molar-refractivity contribution in [1.82, 2.24) is 30.2 Å². The standard InChI is InChI=1S/C18H17N3O.C17H21N3O.C17H15N3O.C17H15N3S.C16H19N3O/c1-19-17(14-5-3-2-4-6-14)18(22)21-16-8-7-13-9-10-20-12-15(13)11-16;3*18-16(13-4-2-1-3-5-13)17(21)20-15-7-6-12-8-9-19-11-14(12)10-15;17-15(12-3-1-2-4-12)16(20)19-14-6-5-11-7-8-18-10-13(11)9-14/h2-12,17,19H,1H3,(H,21,22);6-11,13,16H,1-5,18H2,(H,20,21);2*1-11,16H,18H2,(H,20,21);5-10,12,15H,1-4,17H2,(H,19,20)/t17-;3*16-;15-/m11101/s1. The zero-order valence-electron chi connectivity index (χ0n) is 58.5. The Balaban J connectivity index is 0.000000131. The minimum absolute atomic E-state index is 0.0786. The third-order valence-electron chi connectivity index (χ3n) is 18.8. The Labute approximate surface area is 616 Å². The van der Waals surface area contributed by atoms with Gasteiger partial charge in [-0.05, 0) is 179 Å². The molecule has 5 aromatic heterocycles. The number of aromatic nitrogens is 5. The van der Waals surface area contributed by atoms with Gasteiger partial charge in [-0.15, -0.1) is 0 Å². The van der Waals surface area contributed by atoms with E-state index < -0.39 is 18.1 Å². The van der Waals surface area contributed by atoms with Crippen molar-refractivity contribution in [3.63, 3.8) is 0 Å². The summed E-state index contributed by atoms with van der Waals surface area (Å²) in [5.74, 6) is 0.171. The maximum absolute atomic E-state index is 12.5. The molecule has 14 N–H and O–H groups in total. The molecule has 0 spiro atoms. The number of nitrogens with two attached hydrogens (primary N) is 4. The molecule has 4 amide bonds. The molecule has 532 valence electrons. The van der Waals surface area contributed by atoms with Crippen LogP contribution in [0, 0.1) is 11.8 Å². The first-order valence-corrected chi connectivity index (χ1v) is 35.7. The molecule has 105 heavy (non-hydrogen) atoms. The second-order valence-corrected chi connectivity index (χ2v) is 26.5. The third kappa shape index (κ3) is 21.0. The summed E-state index contributed by atoms with van der Waals surface area (Å²) in [6.45, 7) is 0. The fourth-order valence-corrected chi connectivity index (χ4v) is 13.1. The summed E-state index contributed by atoms with van der Waals surface area (Å²) in [6, 6.07) is 65.6. The van der Waals surface area contributed by atoms with Crippen LogP contribution in [0.1, 0.15) is 92.6 Å². The Morgan fingerprint density at radius 1 is 0.333 bits per heavy atom. The number of carbonyl (C=O) groups is 4. The van der Waals surface area contributed by atoms with Crippen molar-refractivity contribution < 1.29 is 19.2 Å². The number of hydrogen-bond acceptors (Lipinski definition) is 15. The number of rotatable bonds is 16. The largest absolute Gasteiger partial charge is 0.348 e. The minimum Gasteiger partial charge on any atom is -0.348 e. The summed E-state index contributed by atoms with van der Waals surface area (Å²) in [4.78, 5) is 70.3. The summed E-state index contributed by atoms with van der Waals surface area (Å²) >= 11 is 5.41. The Hall–Kier alpha value is -11.6. The van der Waals surface area contributed by atoms with E-state index in [9.17, 15) is 19.2 Å².